The normalized spacial score (nSPS) is 25.9. The molecule has 186 valence electrons. The van der Waals surface area contributed by atoms with E-state index in [1.165, 1.54) is 9.21 Å². The fourth-order valence-corrected chi connectivity index (χ4v) is 6.99. The molecule has 2 aromatic carbocycles. The number of imide groups is 1. The van der Waals surface area contributed by atoms with Crippen molar-refractivity contribution >= 4 is 38.6 Å². The fraction of sp³-hybridized carbons (Fsp3) is 0.480. The van der Waals surface area contributed by atoms with Gasteiger partial charge in [-0.1, -0.05) is 50.1 Å². The van der Waals surface area contributed by atoms with Crippen molar-refractivity contribution in [3.05, 3.63) is 42.5 Å². The Morgan fingerprint density at radius 1 is 1.03 bits per heavy atom. The van der Waals surface area contributed by atoms with E-state index in [9.17, 15) is 22.8 Å². The average Bonchev–Trinajstić information content (AvgIpc) is 3.10. The number of piperazine rings is 1. The highest BCUT2D eigenvalue weighted by molar-refractivity contribution is 7.89. The number of hydrogen-bond donors (Lipinski definition) is 1. The molecule has 2 saturated heterocycles. The number of nitrogens with zero attached hydrogens (tertiary/aromatic N) is 3. The topological polar surface area (TPSA) is 107 Å². The molecule has 5 rings (SSSR count). The number of amides is 4. The summed E-state index contributed by atoms with van der Waals surface area (Å²) in [5.74, 6) is -0.644. The van der Waals surface area contributed by atoms with Gasteiger partial charge in [-0.05, 0) is 41.7 Å². The molecule has 35 heavy (non-hydrogen) atoms. The summed E-state index contributed by atoms with van der Waals surface area (Å²) in [6, 6.07) is 12.1. The minimum Gasteiger partial charge on any atom is -0.338 e. The fourth-order valence-electron chi connectivity index (χ4n) is 5.53. The highest BCUT2D eigenvalue weighted by Gasteiger charge is 2.55. The van der Waals surface area contributed by atoms with Crippen LogP contribution in [0.15, 0.2) is 47.4 Å². The van der Waals surface area contributed by atoms with Crippen LogP contribution in [0.1, 0.15) is 32.6 Å². The molecular formula is C25H30N4O5S. The molecular weight excluding hydrogens is 468 g/mol. The van der Waals surface area contributed by atoms with Gasteiger partial charge < -0.3 is 10.2 Å². The van der Waals surface area contributed by atoms with Crippen LogP contribution in [0, 0.1) is 5.92 Å². The first-order valence-electron chi connectivity index (χ1n) is 12.1. The molecule has 2 aliphatic heterocycles. The van der Waals surface area contributed by atoms with E-state index in [1.54, 1.807) is 18.2 Å². The van der Waals surface area contributed by atoms with Gasteiger partial charge in [0.25, 0.3) is 5.91 Å². The van der Waals surface area contributed by atoms with E-state index in [-0.39, 0.29) is 55.4 Å². The number of rotatable bonds is 4. The van der Waals surface area contributed by atoms with Crippen molar-refractivity contribution in [1.82, 2.24) is 19.4 Å². The number of fused-ring (bicyclic) bond motifs is 1. The van der Waals surface area contributed by atoms with Crippen molar-refractivity contribution in [2.45, 2.75) is 43.0 Å². The molecule has 10 heteroatoms. The van der Waals surface area contributed by atoms with Crippen LogP contribution in [0.25, 0.3) is 10.8 Å². The highest BCUT2D eigenvalue weighted by atomic mass is 32.2. The summed E-state index contributed by atoms with van der Waals surface area (Å²) in [6.45, 7) is 2.37. The van der Waals surface area contributed by atoms with Crippen LogP contribution in [0.5, 0.6) is 0 Å². The Morgan fingerprint density at radius 2 is 1.74 bits per heavy atom. The lowest BCUT2D eigenvalue weighted by molar-refractivity contribution is -0.141. The second-order valence-corrected chi connectivity index (χ2v) is 11.7. The number of carbonyl (C=O) groups excluding carboxylic acids is 3. The second kappa shape index (κ2) is 8.91. The van der Waals surface area contributed by atoms with E-state index in [0.717, 1.165) is 34.9 Å². The van der Waals surface area contributed by atoms with Crippen molar-refractivity contribution in [2.75, 3.05) is 32.7 Å². The van der Waals surface area contributed by atoms with E-state index < -0.39 is 21.6 Å². The van der Waals surface area contributed by atoms with E-state index in [0.29, 0.717) is 6.42 Å². The third kappa shape index (κ3) is 4.08. The van der Waals surface area contributed by atoms with Gasteiger partial charge in [0.1, 0.15) is 12.1 Å². The van der Waals surface area contributed by atoms with Gasteiger partial charge in [-0.15, -0.1) is 0 Å². The van der Waals surface area contributed by atoms with Crippen molar-refractivity contribution in [2.24, 2.45) is 5.92 Å². The van der Waals surface area contributed by atoms with Crippen LogP contribution in [0.3, 0.4) is 0 Å². The SMILES string of the molecule is C[C@@H]1CCCC[C@]12NC(=O)N(CC(=O)N1CCN(S(=O)(=O)c3ccc4ccccc4c3)CC1)C2=O. The van der Waals surface area contributed by atoms with Gasteiger partial charge in [0.2, 0.25) is 15.9 Å². The third-order valence-electron chi connectivity index (χ3n) is 7.74. The second-order valence-electron chi connectivity index (χ2n) is 9.73. The first kappa shape index (κ1) is 23.7. The molecule has 1 N–H and O–H groups in total. The summed E-state index contributed by atoms with van der Waals surface area (Å²) in [6.07, 6.45) is 3.35. The number of hydrogen-bond acceptors (Lipinski definition) is 5. The maximum absolute atomic E-state index is 13.2. The van der Waals surface area contributed by atoms with Gasteiger partial charge in [0, 0.05) is 26.2 Å². The Morgan fingerprint density at radius 3 is 2.46 bits per heavy atom. The molecule has 3 aliphatic rings. The molecule has 0 aromatic heterocycles. The Bertz CT molecular complexity index is 1290. The standard InChI is InChI=1S/C25H30N4O5S/c1-18-6-4-5-11-25(18)23(31)29(24(32)26-25)17-22(30)27-12-14-28(15-13-27)35(33,34)21-10-9-19-7-2-3-8-20(19)16-21/h2-3,7-10,16,18H,4-6,11-15,17H2,1H3,(H,26,32)/t18-,25+/m1/s1. The van der Waals surface area contributed by atoms with Crippen LogP contribution in [0.2, 0.25) is 0 Å². The Balaban J connectivity index is 1.22. The number of sulfonamides is 1. The molecule has 1 aliphatic carbocycles. The van der Waals surface area contributed by atoms with Crippen LogP contribution in [0.4, 0.5) is 4.79 Å². The summed E-state index contributed by atoms with van der Waals surface area (Å²) in [5.41, 5.74) is -0.901. The summed E-state index contributed by atoms with van der Waals surface area (Å²) >= 11 is 0. The van der Waals surface area contributed by atoms with E-state index in [2.05, 4.69) is 5.32 Å². The van der Waals surface area contributed by atoms with Gasteiger partial charge in [-0.25, -0.2) is 13.2 Å². The number of benzene rings is 2. The maximum atomic E-state index is 13.2. The maximum Gasteiger partial charge on any atom is 0.325 e. The molecule has 2 heterocycles. The monoisotopic (exact) mass is 498 g/mol. The average molecular weight is 499 g/mol. The van der Waals surface area contributed by atoms with Crippen molar-refractivity contribution in [3.8, 4) is 0 Å². The molecule has 9 nitrogen and oxygen atoms in total. The zero-order valence-corrected chi connectivity index (χ0v) is 20.6. The predicted octanol–water partition coefficient (Wildman–Crippen LogP) is 2.17. The van der Waals surface area contributed by atoms with Crippen LogP contribution < -0.4 is 5.32 Å². The Kier molecular flexibility index (Phi) is 6.04. The van der Waals surface area contributed by atoms with Crippen LogP contribution in [-0.2, 0) is 19.6 Å². The van der Waals surface area contributed by atoms with Gasteiger partial charge in [-0.2, -0.15) is 4.31 Å². The quantitative estimate of drug-likeness (QED) is 0.651. The highest BCUT2D eigenvalue weighted by Crippen LogP contribution is 2.38. The molecule has 2 aromatic rings. The van der Waals surface area contributed by atoms with Gasteiger partial charge in [0.05, 0.1) is 4.90 Å². The van der Waals surface area contributed by atoms with Gasteiger partial charge >= 0.3 is 6.03 Å². The molecule has 4 amide bonds. The van der Waals surface area contributed by atoms with E-state index in [4.69, 9.17) is 0 Å². The first-order chi connectivity index (χ1) is 16.7. The van der Waals surface area contributed by atoms with Gasteiger partial charge in [0.15, 0.2) is 0 Å². The Labute approximate surface area is 205 Å². The van der Waals surface area contributed by atoms with Gasteiger partial charge in [-0.3, -0.25) is 14.5 Å². The summed E-state index contributed by atoms with van der Waals surface area (Å²) in [5, 5.41) is 4.68. The molecule has 2 atom stereocenters. The summed E-state index contributed by atoms with van der Waals surface area (Å²) in [7, 11) is -3.70. The van der Waals surface area contributed by atoms with E-state index in [1.807, 2.05) is 31.2 Å². The lowest BCUT2D eigenvalue weighted by Crippen LogP contribution is -2.55. The number of urea groups is 1. The van der Waals surface area contributed by atoms with E-state index >= 15 is 0 Å². The lowest BCUT2D eigenvalue weighted by atomic mass is 9.73. The molecule has 0 unspecified atom stereocenters. The van der Waals surface area contributed by atoms with Crippen molar-refractivity contribution in [3.63, 3.8) is 0 Å². The minimum atomic E-state index is -3.70. The van der Waals surface area contributed by atoms with Crippen molar-refractivity contribution < 1.29 is 22.8 Å². The number of nitrogens with one attached hydrogen (secondary N) is 1. The van der Waals surface area contributed by atoms with Crippen molar-refractivity contribution in [1.29, 1.82) is 0 Å². The van der Waals surface area contributed by atoms with Crippen LogP contribution in [-0.4, -0.2) is 78.6 Å². The molecule has 1 saturated carbocycles. The zero-order valence-electron chi connectivity index (χ0n) is 19.8. The first-order valence-corrected chi connectivity index (χ1v) is 13.6. The Hall–Kier alpha value is -2.98. The third-order valence-corrected chi connectivity index (χ3v) is 9.64. The lowest BCUT2D eigenvalue weighted by Gasteiger charge is -2.37. The molecule has 3 fully saturated rings. The molecule has 1 spiro atoms. The molecule has 0 radical (unpaired) electrons. The number of carbonyl (C=O) groups is 3. The molecule has 0 bridgehead atoms. The summed E-state index contributed by atoms with van der Waals surface area (Å²) in [4.78, 5) is 41.5. The smallest absolute Gasteiger partial charge is 0.325 e. The predicted molar refractivity (Wildman–Crippen MR) is 130 cm³/mol. The minimum absolute atomic E-state index is 0.0247. The summed E-state index contributed by atoms with van der Waals surface area (Å²) < 4.78 is 27.8. The zero-order chi connectivity index (χ0) is 24.8. The largest absolute Gasteiger partial charge is 0.338 e. The van der Waals surface area contributed by atoms with Crippen LogP contribution >= 0.6 is 0 Å².